The minimum Gasteiger partial charge on any atom is -0.385 e. The number of aliphatic hydroxyl groups is 1. The molecule has 0 radical (unpaired) electrons. The lowest BCUT2D eigenvalue weighted by Gasteiger charge is -2.39. The molecule has 0 saturated heterocycles. The van der Waals surface area contributed by atoms with Gasteiger partial charge in [0.1, 0.15) is 0 Å². The summed E-state index contributed by atoms with van der Waals surface area (Å²) >= 11 is 0. The van der Waals surface area contributed by atoms with E-state index in [4.69, 9.17) is 0 Å². The predicted molar refractivity (Wildman–Crippen MR) is 57.9 cm³/mol. The fraction of sp³-hybridized carbons (Fsp3) is 0.583. The molecule has 0 aromatic carbocycles. The van der Waals surface area contributed by atoms with Crippen molar-refractivity contribution in [2.24, 2.45) is 5.41 Å². The summed E-state index contributed by atoms with van der Waals surface area (Å²) < 4.78 is 0. The van der Waals surface area contributed by atoms with Gasteiger partial charge in [0.25, 0.3) is 0 Å². The third-order valence-corrected chi connectivity index (χ3v) is 2.89. The SMILES string of the molecule is CCC(O)(c1cccnc1)C(C)(C)C. The molecule has 1 unspecified atom stereocenters. The molecule has 2 nitrogen and oxygen atoms in total. The molecule has 1 aromatic rings. The molecule has 0 aliphatic rings. The highest BCUT2D eigenvalue weighted by Crippen LogP contribution is 2.41. The van der Waals surface area contributed by atoms with Crippen LogP contribution in [0.25, 0.3) is 0 Å². The first-order valence-electron chi connectivity index (χ1n) is 5.04. The van der Waals surface area contributed by atoms with Gasteiger partial charge in [-0.2, -0.15) is 0 Å². The summed E-state index contributed by atoms with van der Waals surface area (Å²) in [5.74, 6) is 0. The molecule has 14 heavy (non-hydrogen) atoms. The highest BCUT2D eigenvalue weighted by atomic mass is 16.3. The summed E-state index contributed by atoms with van der Waals surface area (Å²) in [6.45, 7) is 8.13. The Morgan fingerprint density at radius 1 is 1.36 bits per heavy atom. The van der Waals surface area contributed by atoms with E-state index in [0.717, 1.165) is 5.56 Å². The van der Waals surface area contributed by atoms with Crippen LogP contribution in [0.4, 0.5) is 0 Å². The molecule has 1 N–H and O–H groups in total. The average molecular weight is 193 g/mol. The molecule has 1 atom stereocenters. The van der Waals surface area contributed by atoms with Gasteiger partial charge in [-0.15, -0.1) is 0 Å². The lowest BCUT2D eigenvalue weighted by Crippen LogP contribution is -2.39. The first-order valence-corrected chi connectivity index (χ1v) is 5.04. The first-order chi connectivity index (χ1) is 6.42. The standard InChI is InChI=1S/C12H19NO/c1-5-12(14,11(2,3)4)10-7-6-8-13-9-10/h6-9,14H,5H2,1-4H3. The highest BCUT2D eigenvalue weighted by molar-refractivity contribution is 5.20. The normalized spacial score (nSPS) is 16.4. The van der Waals surface area contributed by atoms with Crippen molar-refractivity contribution in [2.45, 2.75) is 39.7 Å². The summed E-state index contributed by atoms with van der Waals surface area (Å²) in [4.78, 5) is 4.05. The van der Waals surface area contributed by atoms with Crippen LogP contribution in [-0.2, 0) is 5.60 Å². The zero-order valence-corrected chi connectivity index (χ0v) is 9.41. The highest BCUT2D eigenvalue weighted by Gasteiger charge is 2.39. The van der Waals surface area contributed by atoms with Crippen LogP contribution >= 0.6 is 0 Å². The predicted octanol–water partition coefficient (Wildman–Crippen LogP) is 2.73. The molecule has 78 valence electrons. The van der Waals surface area contributed by atoms with Crippen LogP contribution < -0.4 is 0 Å². The molecule has 0 aliphatic carbocycles. The minimum absolute atomic E-state index is 0.176. The van der Waals surface area contributed by atoms with Gasteiger partial charge in [-0.05, 0) is 17.9 Å². The van der Waals surface area contributed by atoms with E-state index >= 15 is 0 Å². The Morgan fingerprint density at radius 2 is 2.00 bits per heavy atom. The number of rotatable bonds is 2. The van der Waals surface area contributed by atoms with Crippen LogP contribution in [0.2, 0.25) is 0 Å². The molecule has 0 spiro atoms. The van der Waals surface area contributed by atoms with Crippen LogP contribution in [0.3, 0.4) is 0 Å². The molecule has 0 amide bonds. The molecule has 0 bridgehead atoms. The monoisotopic (exact) mass is 193 g/mol. The van der Waals surface area contributed by atoms with E-state index in [1.54, 1.807) is 12.4 Å². The molecule has 0 aliphatic heterocycles. The maximum atomic E-state index is 10.6. The van der Waals surface area contributed by atoms with Crippen molar-refractivity contribution in [1.82, 2.24) is 4.98 Å². The summed E-state index contributed by atoms with van der Waals surface area (Å²) in [6.07, 6.45) is 4.17. The van der Waals surface area contributed by atoms with E-state index in [2.05, 4.69) is 4.98 Å². The van der Waals surface area contributed by atoms with Crippen LogP contribution in [0.5, 0.6) is 0 Å². The Kier molecular flexibility index (Phi) is 2.95. The molecule has 1 aromatic heterocycles. The van der Waals surface area contributed by atoms with Gasteiger partial charge in [-0.3, -0.25) is 4.98 Å². The first kappa shape index (κ1) is 11.2. The average Bonchev–Trinajstić information content (AvgIpc) is 2.16. The zero-order valence-electron chi connectivity index (χ0n) is 9.41. The third kappa shape index (κ3) is 1.80. The number of hydrogen-bond acceptors (Lipinski definition) is 2. The molecule has 1 heterocycles. The molecule has 0 saturated carbocycles. The van der Waals surface area contributed by atoms with Gasteiger partial charge in [0, 0.05) is 18.0 Å². The summed E-state index contributed by atoms with van der Waals surface area (Å²) in [6, 6.07) is 3.80. The smallest absolute Gasteiger partial charge is 0.0956 e. The molecule has 1 rings (SSSR count). The van der Waals surface area contributed by atoms with Crippen LogP contribution in [0, 0.1) is 5.41 Å². The van der Waals surface area contributed by atoms with Crippen LogP contribution in [0.1, 0.15) is 39.7 Å². The van der Waals surface area contributed by atoms with Crippen molar-refractivity contribution < 1.29 is 5.11 Å². The van der Waals surface area contributed by atoms with Gasteiger partial charge >= 0.3 is 0 Å². The zero-order chi connectivity index (χ0) is 10.8. The van der Waals surface area contributed by atoms with Crippen molar-refractivity contribution in [3.8, 4) is 0 Å². The Morgan fingerprint density at radius 3 is 2.36 bits per heavy atom. The summed E-state index contributed by atoms with van der Waals surface area (Å²) in [5, 5.41) is 10.6. The van der Waals surface area contributed by atoms with Crippen molar-refractivity contribution in [1.29, 1.82) is 0 Å². The van der Waals surface area contributed by atoms with E-state index in [-0.39, 0.29) is 5.41 Å². The number of aromatic nitrogens is 1. The maximum absolute atomic E-state index is 10.6. The third-order valence-electron chi connectivity index (χ3n) is 2.89. The van der Waals surface area contributed by atoms with Crippen LogP contribution in [-0.4, -0.2) is 10.1 Å². The fourth-order valence-corrected chi connectivity index (χ4v) is 1.77. The Bertz CT molecular complexity index is 289. The summed E-state index contributed by atoms with van der Waals surface area (Å²) in [7, 11) is 0. The number of pyridine rings is 1. The number of hydrogen-bond donors (Lipinski definition) is 1. The van der Waals surface area contributed by atoms with Crippen LogP contribution in [0.15, 0.2) is 24.5 Å². The Balaban J connectivity index is 3.15. The van der Waals surface area contributed by atoms with E-state index in [1.807, 2.05) is 39.8 Å². The van der Waals surface area contributed by atoms with E-state index in [0.29, 0.717) is 6.42 Å². The lowest BCUT2D eigenvalue weighted by atomic mass is 9.71. The molecular weight excluding hydrogens is 174 g/mol. The maximum Gasteiger partial charge on any atom is 0.0956 e. The second-order valence-corrected chi connectivity index (χ2v) is 4.71. The van der Waals surface area contributed by atoms with Crippen molar-refractivity contribution in [2.75, 3.05) is 0 Å². The molecular formula is C12H19NO. The van der Waals surface area contributed by atoms with Gasteiger partial charge in [0.15, 0.2) is 0 Å². The molecule has 2 heteroatoms. The second-order valence-electron chi connectivity index (χ2n) is 4.71. The largest absolute Gasteiger partial charge is 0.385 e. The van der Waals surface area contributed by atoms with E-state index in [1.165, 1.54) is 0 Å². The van der Waals surface area contributed by atoms with Gasteiger partial charge in [-0.1, -0.05) is 33.8 Å². The summed E-state index contributed by atoms with van der Waals surface area (Å²) in [5.41, 5.74) is -0.0681. The quantitative estimate of drug-likeness (QED) is 0.783. The lowest BCUT2D eigenvalue weighted by molar-refractivity contribution is -0.0677. The Labute approximate surface area is 86.0 Å². The van der Waals surface area contributed by atoms with Gasteiger partial charge in [-0.25, -0.2) is 0 Å². The topological polar surface area (TPSA) is 33.1 Å². The van der Waals surface area contributed by atoms with E-state index < -0.39 is 5.60 Å². The minimum atomic E-state index is -0.790. The van der Waals surface area contributed by atoms with Crippen molar-refractivity contribution >= 4 is 0 Å². The van der Waals surface area contributed by atoms with Gasteiger partial charge in [0.05, 0.1) is 5.60 Å². The van der Waals surface area contributed by atoms with Gasteiger partial charge in [0.2, 0.25) is 0 Å². The van der Waals surface area contributed by atoms with Crippen molar-refractivity contribution in [3.63, 3.8) is 0 Å². The molecule has 0 fully saturated rings. The van der Waals surface area contributed by atoms with Crippen molar-refractivity contribution in [3.05, 3.63) is 30.1 Å². The van der Waals surface area contributed by atoms with Gasteiger partial charge < -0.3 is 5.11 Å². The Hall–Kier alpha value is -0.890. The second kappa shape index (κ2) is 3.70. The number of nitrogens with zero attached hydrogens (tertiary/aromatic N) is 1. The fourth-order valence-electron chi connectivity index (χ4n) is 1.77. The van der Waals surface area contributed by atoms with E-state index in [9.17, 15) is 5.11 Å².